The molecular weight excluding hydrogens is 408 g/mol. The van der Waals surface area contributed by atoms with Crippen molar-refractivity contribution in [2.75, 3.05) is 17.1 Å². The lowest BCUT2D eigenvalue weighted by atomic mass is 10.1. The maximum atomic E-state index is 12.3. The molecule has 1 atom stereocenters. The Kier molecular flexibility index (Phi) is 8.53. The van der Waals surface area contributed by atoms with Gasteiger partial charge in [-0.25, -0.2) is 8.42 Å². The number of anilines is 1. The number of rotatable bonds is 10. The topological polar surface area (TPSA) is 66.5 Å². The predicted molar refractivity (Wildman–Crippen MR) is 120 cm³/mol. The Hall–Kier alpha value is -2.05. The van der Waals surface area contributed by atoms with Crippen LogP contribution >= 0.6 is 11.6 Å². The lowest BCUT2D eigenvalue weighted by molar-refractivity contribution is -0.121. The molecule has 2 aromatic carbocycles. The first kappa shape index (κ1) is 23.2. The van der Waals surface area contributed by atoms with Gasteiger partial charge in [0.25, 0.3) is 0 Å². The summed E-state index contributed by atoms with van der Waals surface area (Å²) in [5.74, 6) is -0.0678. The fourth-order valence-electron chi connectivity index (χ4n) is 3.16. The summed E-state index contributed by atoms with van der Waals surface area (Å²) in [5, 5.41) is 3.51. The van der Waals surface area contributed by atoms with Crippen LogP contribution in [0.5, 0.6) is 0 Å². The molecule has 0 radical (unpaired) electrons. The fourth-order valence-corrected chi connectivity index (χ4v) is 4.35. The van der Waals surface area contributed by atoms with Crippen molar-refractivity contribution < 1.29 is 13.2 Å². The van der Waals surface area contributed by atoms with Crippen LogP contribution in [0.3, 0.4) is 0 Å². The van der Waals surface area contributed by atoms with Gasteiger partial charge in [-0.2, -0.15) is 0 Å². The summed E-state index contributed by atoms with van der Waals surface area (Å²) in [6.45, 7) is 4.00. The molecular formula is C22H29ClN2O3S. The molecule has 0 aliphatic carbocycles. The van der Waals surface area contributed by atoms with Crippen LogP contribution < -0.4 is 9.62 Å². The molecule has 0 aliphatic rings. The van der Waals surface area contributed by atoms with Gasteiger partial charge < -0.3 is 5.32 Å². The zero-order valence-corrected chi connectivity index (χ0v) is 18.8. The number of hydrogen-bond donors (Lipinski definition) is 1. The SMILES string of the molecule is Cc1c(Cl)cccc1N(CCCC(=O)NC(C)CCc1ccccc1)S(C)(=O)=O. The van der Waals surface area contributed by atoms with Crippen molar-refractivity contribution in [1.82, 2.24) is 5.32 Å². The van der Waals surface area contributed by atoms with E-state index in [2.05, 4.69) is 17.4 Å². The van der Waals surface area contributed by atoms with E-state index in [4.69, 9.17) is 11.6 Å². The average molecular weight is 437 g/mol. The molecule has 0 aromatic heterocycles. The van der Waals surface area contributed by atoms with E-state index in [-0.39, 0.29) is 24.9 Å². The Morgan fingerprint density at radius 1 is 1.14 bits per heavy atom. The highest BCUT2D eigenvalue weighted by Gasteiger charge is 2.20. The highest BCUT2D eigenvalue weighted by Crippen LogP contribution is 2.28. The van der Waals surface area contributed by atoms with Crippen LogP contribution in [0, 0.1) is 6.92 Å². The molecule has 5 nitrogen and oxygen atoms in total. The van der Waals surface area contributed by atoms with Crippen molar-refractivity contribution >= 4 is 33.2 Å². The van der Waals surface area contributed by atoms with E-state index in [1.165, 1.54) is 16.1 Å². The van der Waals surface area contributed by atoms with Crippen molar-refractivity contribution in [3.63, 3.8) is 0 Å². The predicted octanol–water partition coefficient (Wildman–Crippen LogP) is 4.33. The van der Waals surface area contributed by atoms with Crippen LogP contribution in [0.15, 0.2) is 48.5 Å². The molecule has 1 unspecified atom stereocenters. The molecule has 2 rings (SSSR count). The van der Waals surface area contributed by atoms with Crippen LogP contribution in [0.25, 0.3) is 0 Å². The van der Waals surface area contributed by atoms with E-state index in [1.807, 2.05) is 25.1 Å². The highest BCUT2D eigenvalue weighted by atomic mass is 35.5. The average Bonchev–Trinajstić information content (AvgIpc) is 2.66. The van der Waals surface area contributed by atoms with E-state index in [0.717, 1.165) is 12.8 Å². The zero-order chi connectivity index (χ0) is 21.4. The van der Waals surface area contributed by atoms with Gasteiger partial charge in [0, 0.05) is 24.0 Å². The standard InChI is InChI=1S/C22H29ClN2O3S/c1-17(14-15-19-9-5-4-6-10-19)24-22(26)13-8-16-25(29(3,27)28)21-12-7-11-20(23)18(21)2/h4-7,9-12,17H,8,13-16H2,1-3H3,(H,24,26). The molecule has 158 valence electrons. The van der Waals surface area contributed by atoms with Gasteiger partial charge in [-0.05, 0) is 56.4 Å². The lowest BCUT2D eigenvalue weighted by Gasteiger charge is -2.24. The van der Waals surface area contributed by atoms with Gasteiger partial charge in [-0.15, -0.1) is 0 Å². The monoisotopic (exact) mass is 436 g/mol. The van der Waals surface area contributed by atoms with Crippen molar-refractivity contribution in [3.8, 4) is 0 Å². The van der Waals surface area contributed by atoms with Gasteiger partial charge in [0.05, 0.1) is 11.9 Å². The third-order valence-electron chi connectivity index (χ3n) is 4.79. The highest BCUT2D eigenvalue weighted by molar-refractivity contribution is 7.92. The summed E-state index contributed by atoms with van der Waals surface area (Å²) in [6, 6.07) is 15.4. The Balaban J connectivity index is 1.85. The molecule has 0 saturated carbocycles. The Bertz CT molecular complexity index is 917. The van der Waals surface area contributed by atoms with Crippen molar-refractivity contribution in [1.29, 1.82) is 0 Å². The fraction of sp³-hybridized carbons (Fsp3) is 0.409. The summed E-state index contributed by atoms with van der Waals surface area (Å²) in [7, 11) is -3.47. The molecule has 0 fully saturated rings. The number of hydrogen-bond acceptors (Lipinski definition) is 3. The molecule has 0 spiro atoms. The summed E-state index contributed by atoms with van der Waals surface area (Å²) < 4.78 is 25.8. The minimum absolute atomic E-state index is 0.0592. The van der Waals surface area contributed by atoms with Gasteiger partial charge in [-0.3, -0.25) is 9.10 Å². The first-order valence-corrected chi connectivity index (χ1v) is 12.0. The molecule has 0 saturated heterocycles. The van der Waals surface area contributed by atoms with E-state index >= 15 is 0 Å². The number of benzene rings is 2. The Morgan fingerprint density at radius 2 is 1.83 bits per heavy atom. The number of aryl methyl sites for hydroxylation is 1. The van der Waals surface area contributed by atoms with Gasteiger partial charge >= 0.3 is 0 Å². The van der Waals surface area contributed by atoms with Crippen molar-refractivity contribution in [2.24, 2.45) is 0 Å². The number of nitrogens with one attached hydrogen (secondary N) is 1. The van der Waals surface area contributed by atoms with Gasteiger partial charge in [0.2, 0.25) is 15.9 Å². The first-order chi connectivity index (χ1) is 13.7. The van der Waals surface area contributed by atoms with E-state index < -0.39 is 10.0 Å². The molecule has 0 aliphatic heterocycles. The number of carbonyl (C=O) groups is 1. The second-order valence-corrected chi connectivity index (χ2v) is 9.63. The zero-order valence-electron chi connectivity index (χ0n) is 17.2. The quantitative estimate of drug-likeness (QED) is 0.602. The van der Waals surface area contributed by atoms with Crippen LogP contribution in [-0.2, 0) is 21.2 Å². The largest absolute Gasteiger partial charge is 0.354 e. The Morgan fingerprint density at radius 3 is 2.48 bits per heavy atom. The second kappa shape index (κ2) is 10.6. The van der Waals surface area contributed by atoms with Gasteiger partial charge in [-0.1, -0.05) is 48.0 Å². The maximum Gasteiger partial charge on any atom is 0.232 e. The summed E-state index contributed by atoms with van der Waals surface area (Å²) >= 11 is 6.14. The van der Waals surface area contributed by atoms with Crippen LogP contribution in [0.2, 0.25) is 5.02 Å². The molecule has 0 bridgehead atoms. The van der Waals surface area contributed by atoms with Crippen LogP contribution in [-0.4, -0.2) is 33.2 Å². The van der Waals surface area contributed by atoms with Crippen LogP contribution in [0.4, 0.5) is 5.69 Å². The minimum Gasteiger partial charge on any atom is -0.354 e. The smallest absolute Gasteiger partial charge is 0.232 e. The normalized spacial score (nSPS) is 12.4. The number of halogens is 1. The molecule has 29 heavy (non-hydrogen) atoms. The maximum absolute atomic E-state index is 12.3. The molecule has 2 aromatic rings. The summed E-state index contributed by atoms with van der Waals surface area (Å²) in [4.78, 5) is 12.3. The van der Waals surface area contributed by atoms with E-state index in [9.17, 15) is 13.2 Å². The molecule has 0 heterocycles. The third kappa shape index (κ3) is 7.37. The second-order valence-electron chi connectivity index (χ2n) is 7.32. The van der Waals surface area contributed by atoms with E-state index in [0.29, 0.717) is 22.7 Å². The first-order valence-electron chi connectivity index (χ1n) is 9.74. The van der Waals surface area contributed by atoms with E-state index in [1.54, 1.807) is 25.1 Å². The molecule has 1 amide bonds. The number of carbonyl (C=O) groups excluding carboxylic acids is 1. The third-order valence-corrected chi connectivity index (χ3v) is 6.38. The van der Waals surface area contributed by atoms with Gasteiger partial charge in [0.1, 0.15) is 0 Å². The number of sulfonamides is 1. The summed E-state index contributed by atoms with van der Waals surface area (Å²) in [6.07, 6.45) is 3.61. The minimum atomic E-state index is -3.47. The number of amides is 1. The summed E-state index contributed by atoms with van der Waals surface area (Å²) in [5.41, 5.74) is 2.50. The van der Waals surface area contributed by atoms with Crippen LogP contribution in [0.1, 0.15) is 37.3 Å². The molecule has 7 heteroatoms. The van der Waals surface area contributed by atoms with Crippen molar-refractivity contribution in [3.05, 3.63) is 64.7 Å². The van der Waals surface area contributed by atoms with Crippen molar-refractivity contribution in [2.45, 2.75) is 45.6 Å². The Labute approximate surface area is 179 Å². The molecule has 1 N–H and O–H groups in total. The number of nitrogens with zero attached hydrogens (tertiary/aromatic N) is 1. The van der Waals surface area contributed by atoms with Gasteiger partial charge in [0.15, 0.2) is 0 Å². The lowest BCUT2D eigenvalue weighted by Crippen LogP contribution is -2.35.